The molecule has 1 aliphatic rings. The fourth-order valence-electron chi connectivity index (χ4n) is 2.85. The third-order valence-electron chi connectivity index (χ3n) is 4.42. The molecule has 116 valence electrons. The van der Waals surface area contributed by atoms with Crippen LogP contribution in [0.2, 0.25) is 0 Å². The van der Waals surface area contributed by atoms with E-state index in [1.54, 1.807) is 0 Å². The molecule has 2 rings (SSSR count). The average molecular weight is 290 g/mol. The van der Waals surface area contributed by atoms with Gasteiger partial charge in [0.15, 0.2) is 0 Å². The Hall–Kier alpha value is -1.39. The average Bonchev–Trinajstić information content (AvgIpc) is 2.47. The summed E-state index contributed by atoms with van der Waals surface area (Å²) in [5, 5.41) is 12.6. The molecule has 0 bridgehead atoms. The van der Waals surface area contributed by atoms with Crippen molar-refractivity contribution in [3.05, 3.63) is 35.4 Å². The topological polar surface area (TPSA) is 52.6 Å². The SMILES string of the molecule is Cc1ccccc1CNC(=O)CN1CCC(C(C)O)CC1. The summed E-state index contributed by atoms with van der Waals surface area (Å²) in [5.74, 6) is 0.463. The molecule has 0 radical (unpaired) electrons. The monoisotopic (exact) mass is 290 g/mol. The van der Waals surface area contributed by atoms with Gasteiger partial charge in [-0.3, -0.25) is 9.69 Å². The van der Waals surface area contributed by atoms with Crippen LogP contribution in [0.5, 0.6) is 0 Å². The largest absolute Gasteiger partial charge is 0.393 e. The normalized spacial score (nSPS) is 18.4. The lowest BCUT2D eigenvalue weighted by molar-refractivity contribution is -0.122. The molecule has 1 unspecified atom stereocenters. The molecular weight excluding hydrogens is 264 g/mol. The van der Waals surface area contributed by atoms with E-state index in [2.05, 4.69) is 23.2 Å². The minimum atomic E-state index is -0.234. The first kappa shape index (κ1) is 16.0. The zero-order chi connectivity index (χ0) is 15.2. The second-order valence-corrected chi connectivity index (χ2v) is 6.06. The number of nitrogens with one attached hydrogen (secondary N) is 1. The molecule has 0 spiro atoms. The van der Waals surface area contributed by atoms with E-state index in [0.717, 1.165) is 25.9 Å². The molecule has 1 amide bonds. The van der Waals surface area contributed by atoms with Crippen molar-refractivity contribution in [2.75, 3.05) is 19.6 Å². The molecule has 1 atom stereocenters. The van der Waals surface area contributed by atoms with Gasteiger partial charge in [0, 0.05) is 6.54 Å². The van der Waals surface area contributed by atoms with Gasteiger partial charge < -0.3 is 10.4 Å². The van der Waals surface area contributed by atoms with Gasteiger partial charge in [0.2, 0.25) is 5.91 Å². The molecule has 0 aliphatic carbocycles. The molecule has 0 aromatic heterocycles. The molecule has 21 heavy (non-hydrogen) atoms. The summed E-state index contributed by atoms with van der Waals surface area (Å²) in [7, 11) is 0. The second-order valence-electron chi connectivity index (χ2n) is 6.06. The fraction of sp³-hybridized carbons (Fsp3) is 0.588. The molecule has 1 fully saturated rings. The quantitative estimate of drug-likeness (QED) is 0.868. The number of carbonyl (C=O) groups is 1. The Bertz CT molecular complexity index is 466. The molecule has 2 N–H and O–H groups in total. The number of piperidine rings is 1. The first-order valence-corrected chi connectivity index (χ1v) is 7.78. The van der Waals surface area contributed by atoms with Gasteiger partial charge in [-0.05, 0) is 56.8 Å². The first-order valence-electron chi connectivity index (χ1n) is 7.78. The van der Waals surface area contributed by atoms with Crippen LogP contribution in [0.1, 0.15) is 30.9 Å². The molecule has 1 aliphatic heterocycles. The number of nitrogens with zero attached hydrogens (tertiary/aromatic N) is 1. The van der Waals surface area contributed by atoms with Crippen molar-refractivity contribution >= 4 is 5.91 Å². The third kappa shape index (κ3) is 4.83. The molecule has 1 aromatic rings. The van der Waals surface area contributed by atoms with E-state index >= 15 is 0 Å². The number of carbonyl (C=O) groups excluding carboxylic acids is 1. The molecule has 1 saturated heterocycles. The summed E-state index contributed by atoms with van der Waals surface area (Å²) >= 11 is 0. The van der Waals surface area contributed by atoms with Gasteiger partial charge in [-0.25, -0.2) is 0 Å². The highest BCUT2D eigenvalue weighted by Gasteiger charge is 2.23. The van der Waals surface area contributed by atoms with E-state index in [1.165, 1.54) is 11.1 Å². The number of hydrogen-bond donors (Lipinski definition) is 2. The summed E-state index contributed by atoms with van der Waals surface area (Å²) in [5.41, 5.74) is 2.37. The smallest absolute Gasteiger partial charge is 0.234 e. The maximum absolute atomic E-state index is 12.0. The number of aryl methyl sites for hydroxylation is 1. The summed E-state index contributed by atoms with van der Waals surface area (Å²) in [6.45, 7) is 6.76. The van der Waals surface area contributed by atoms with Crippen molar-refractivity contribution in [3.8, 4) is 0 Å². The van der Waals surface area contributed by atoms with Crippen LogP contribution >= 0.6 is 0 Å². The van der Waals surface area contributed by atoms with Crippen molar-refractivity contribution in [2.45, 2.75) is 39.3 Å². The van der Waals surface area contributed by atoms with Crippen molar-refractivity contribution in [1.82, 2.24) is 10.2 Å². The summed E-state index contributed by atoms with van der Waals surface area (Å²) in [6, 6.07) is 8.11. The number of aliphatic hydroxyl groups excluding tert-OH is 1. The van der Waals surface area contributed by atoms with Gasteiger partial charge in [-0.15, -0.1) is 0 Å². The molecule has 4 heteroatoms. The van der Waals surface area contributed by atoms with Crippen molar-refractivity contribution < 1.29 is 9.90 Å². The van der Waals surface area contributed by atoms with Crippen LogP contribution in [0.25, 0.3) is 0 Å². The minimum Gasteiger partial charge on any atom is -0.393 e. The van der Waals surface area contributed by atoms with Crippen LogP contribution in [0.15, 0.2) is 24.3 Å². The van der Waals surface area contributed by atoms with Crippen LogP contribution < -0.4 is 5.32 Å². The standard InChI is InChI=1S/C17H26N2O2/c1-13-5-3-4-6-16(13)11-18-17(21)12-19-9-7-15(8-10-19)14(2)20/h3-6,14-15,20H,7-12H2,1-2H3,(H,18,21). The van der Waals surface area contributed by atoms with Crippen LogP contribution in [-0.4, -0.2) is 41.7 Å². The maximum atomic E-state index is 12.0. The van der Waals surface area contributed by atoms with Gasteiger partial charge in [-0.1, -0.05) is 24.3 Å². The fourth-order valence-corrected chi connectivity index (χ4v) is 2.85. The van der Waals surface area contributed by atoms with Crippen molar-refractivity contribution in [2.24, 2.45) is 5.92 Å². The lowest BCUT2D eigenvalue weighted by Crippen LogP contribution is -2.42. The van der Waals surface area contributed by atoms with E-state index in [-0.39, 0.29) is 12.0 Å². The number of likely N-dealkylation sites (tertiary alicyclic amines) is 1. The number of aliphatic hydroxyl groups is 1. The number of rotatable bonds is 5. The molecular formula is C17H26N2O2. The molecule has 4 nitrogen and oxygen atoms in total. The highest BCUT2D eigenvalue weighted by atomic mass is 16.3. The van der Waals surface area contributed by atoms with Gasteiger partial charge in [0.05, 0.1) is 12.6 Å². The maximum Gasteiger partial charge on any atom is 0.234 e. The number of hydrogen-bond acceptors (Lipinski definition) is 3. The van der Waals surface area contributed by atoms with E-state index in [4.69, 9.17) is 0 Å². The van der Waals surface area contributed by atoms with Crippen LogP contribution in [0.3, 0.4) is 0 Å². The summed E-state index contributed by atoms with van der Waals surface area (Å²) in [6.07, 6.45) is 1.72. The Labute approximate surface area is 127 Å². The zero-order valence-corrected chi connectivity index (χ0v) is 13.0. The van der Waals surface area contributed by atoms with Gasteiger partial charge >= 0.3 is 0 Å². The first-order chi connectivity index (χ1) is 10.1. The van der Waals surface area contributed by atoms with Crippen molar-refractivity contribution in [1.29, 1.82) is 0 Å². The molecule has 1 aromatic carbocycles. The highest BCUT2D eigenvalue weighted by molar-refractivity contribution is 5.78. The predicted molar refractivity (Wildman–Crippen MR) is 83.9 cm³/mol. The predicted octanol–water partition coefficient (Wildman–Crippen LogP) is 1.70. The number of benzene rings is 1. The second kappa shape index (κ2) is 7.57. The Morgan fingerprint density at radius 2 is 2.05 bits per heavy atom. The summed E-state index contributed by atoms with van der Waals surface area (Å²) < 4.78 is 0. The van der Waals surface area contributed by atoms with E-state index in [1.807, 2.05) is 25.1 Å². The Kier molecular flexibility index (Phi) is 5.76. The third-order valence-corrected chi connectivity index (χ3v) is 4.42. The summed E-state index contributed by atoms with van der Waals surface area (Å²) in [4.78, 5) is 14.2. The molecule has 1 heterocycles. The Morgan fingerprint density at radius 3 is 2.67 bits per heavy atom. The highest BCUT2D eigenvalue weighted by Crippen LogP contribution is 2.20. The number of amides is 1. The molecule has 0 saturated carbocycles. The van der Waals surface area contributed by atoms with E-state index in [9.17, 15) is 9.90 Å². The zero-order valence-electron chi connectivity index (χ0n) is 13.0. The Morgan fingerprint density at radius 1 is 1.38 bits per heavy atom. The van der Waals surface area contributed by atoms with E-state index in [0.29, 0.717) is 19.0 Å². The minimum absolute atomic E-state index is 0.0775. The van der Waals surface area contributed by atoms with Crippen LogP contribution in [-0.2, 0) is 11.3 Å². The van der Waals surface area contributed by atoms with Gasteiger partial charge in [-0.2, -0.15) is 0 Å². The van der Waals surface area contributed by atoms with Crippen LogP contribution in [0.4, 0.5) is 0 Å². The van der Waals surface area contributed by atoms with Gasteiger partial charge in [0.25, 0.3) is 0 Å². The lowest BCUT2D eigenvalue weighted by Gasteiger charge is -2.32. The van der Waals surface area contributed by atoms with Crippen molar-refractivity contribution in [3.63, 3.8) is 0 Å². The van der Waals surface area contributed by atoms with Crippen LogP contribution in [0, 0.1) is 12.8 Å². The van der Waals surface area contributed by atoms with E-state index < -0.39 is 0 Å². The Balaban J connectivity index is 1.72. The van der Waals surface area contributed by atoms with Gasteiger partial charge in [0.1, 0.15) is 0 Å². The lowest BCUT2D eigenvalue weighted by atomic mass is 9.92.